The summed E-state index contributed by atoms with van der Waals surface area (Å²) in [6.07, 6.45) is 1.82. The van der Waals surface area contributed by atoms with Gasteiger partial charge in [-0.15, -0.1) is 0 Å². The van der Waals surface area contributed by atoms with Gasteiger partial charge in [0.05, 0.1) is 0 Å². The molecule has 144 valence electrons. The fraction of sp³-hybridized carbons (Fsp3) is 0.250. The fourth-order valence-corrected chi connectivity index (χ4v) is 4.33. The number of aromatic hydroxyl groups is 4. The highest BCUT2D eigenvalue weighted by atomic mass is 16.3. The lowest BCUT2D eigenvalue weighted by Gasteiger charge is -2.26. The maximum atomic E-state index is 10.6. The maximum absolute atomic E-state index is 10.6. The largest absolute Gasteiger partial charge is 0.508 e. The number of fused-ring (bicyclic) bond motifs is 2. The monoisotopic (exact) mass is 376 g/mol. The predicted octanol–water partition coefficient (Wildman–Crippen LogP) is 4.60. The lowest BCUT2D eigenvalue weighted by molar-refractivity contribution is 0.402. The minimum Gasteiger partial charge on any atom is -0.508 e. The standard InChI is InChI=1S/C24H24O4/c1-13-5-17-9-18-6-14(2)8-23(27)20(18)11-16(10-19(17)22(26)7-13)15-3-4-21(25)24(28)12-15/h3-8,12,16,25-28H,9-11H2,1-2H3. The summed E-state index contributed by atoms with van der Waals surface area (Å²) < 4.78 is 0. The highest BCUT2D eigenvalue weighted by Crippen LogP contribution is 2.40. The number of benzene rings is 3. The minimum atomic E-state index is -0.165. The minimum absolute atomic E-state index is 0.0634. The highest BCUT2D eigenvalue weighted by molar-refractivity contribution is 5.53. The van der Waals surface area contributed by atoms with E-state index in [0.29, 0.717) is 19.3 Å². The number of phenolic OH excluding ortho intramolecular Hbond substituents is 4. The summed E-state index contributed by atoms with van der Waals surface area (Å²) in [5.41, 5.74) is 6.75. The summed E-state index contributed by atoms with van der Waals surface area (Å²) in [6.45, 7) is 3.92. The van der Waals surface area contributed by atoms with Crippen LogP contribution in [0.4, 0.5) is 0 Å². The van der Waals surface area contributed by atoms with Crippen LogP contribution in [-0.4, -0.2) is 20.4 Å². The molecule has 0 atom stereocenters. The second-order valence-corrected chi connectivity index (χ2v) is 7.87. The molecule has 0 saturated carbocycles. The van der Waals surface area contributed by atoms with E-state index in [-0.39, 0.29) is 28.9 Å². The third kappa shape index (κ3) is 3.26. The van der Waals surface area contributed by atoms with Crippen molar-refractivity contribution >= 4 is 0 Å². The Morgan fingerprint density at radius 3 is 1.68 bits per heavy atom. The van der Waals surface area contributed by atoms with Crippen LogP contribution in [0.2, 0.25) is 0 Å². The summed E-state index contributed by atoms with van der Waals surface area (Å²) in [7, 11) is 0. The van der Waals surface area contributed by atoms with Crippen LogP contribution in [0.1, 0.15) is 44.9 Å². The fourth-order valence-electron chi connectivity index (χ4n) is 4.33. The Balaban J connectivity index is 1.91. The molecule has 0 heterocycles. The summed E-state index contributed by atoms with van der Waals surface area (Å²) >= 11 is 0. The Hall–Kier alpha value is -3.14. The first kappa shape index (κ1) is 18.2. The Kier molecular flexibility index (Phi) is 4.42. The maximum Gasteiger partial charge on any atom is 0.157 e. The van der Waals surface area contributed by atoms with Crippen molar-refractivity contribution in [2.45, 2.75) is 39.0 Å². The van der Waals surface area contributed by atoms with Crippen LogP contribution < -0.4 is 0 Å². The lowest BCUT2D eigenvalue weighted by Crippen LogP contribution is -2.14. The number of phenols is 4. The number of aryl methyl sites for hydroxylation is 2. The van der Waals surface area contributed by atoms with Gasteiger partial charge < -0.3 is 20.4 Å². The zero-order valence-electron chi connectivity index (χ0n) is 16.0. The van der Waals surface area contributed by atoms with Gasteiger partial charge in [0.15, 0.2) is 11.5 Å². The number of hydrogen-bond donors (Lipinski definition) is 4. The van der Waals surface area contributed by atoms with Gasteiger partial charge in [-0.1, -0.05) is 18.2 Å². The third-order valence-electron chi connectivity index (χ3n) is 5.68. The Bertz CT molecular complexity index is 1010. The molecule has 3 aromatic rings. The first-order valence-electron chi connectivity index (χ1n) is 9.46. The van der Waals surface area contributed by atoms with Crippen molar-refractivity contribution < 1.29 is 20.4 Å². The van der Waals surface area contributed by atoms with E-state index in [4.69, 9.17) is 0 Å². The number of hydrogen-bond acceptors (Lipinski definition) is 4. The van der Waals surface area contributed by atoms with Gasteiger partial charge in [-0.2, -0.15) is 0 Å². The van der Waals surface area contributed by atoms with Gasteiger partial charge >= 0.3 is 0 Å². The van der Waals surface area contributed by atoms with Gasteiger partial charge in [0, 0.05) is 0 Å². The highest BCUT2D eigenvalue weighted by Gasteiger charge is 2.25. The summed E-state index contributed by atoms with van der Waals surface area (Å²) in [6, 6.07) is 12.6. The van der Waals surface area contributed by atoms with E-state index in [1.807, 2.05) is 13.8 Å². The Morgan fingerprint density at radius 1 is 0.643 bits per heavy atom. The molecule has 1 aliphatic rings. The molecule has 3 aromatic carbocycles. The van der Waals surface area contributed by atoms with Crippen molar-refractivity contribution in [3.63, 3.8) is 0 Å². The average Bonchev–Trinajstić information content (AvgIpc) is 2.59. The SMILES string of the molecule is Cc1cc(O)c2c(c1)Cc1cc(C)cc(O)c1CC(c1ccc(O)c(O)c1)C2. The van der Waals surface area contributed by atoms with Crippen molar-refractivity contribution in [1.82, 2.24) is 0 Å². The molecule has 0 unspecified atom stereocenters. The first-order valence-corrected chi connectivity index (χ1v) is 9.46. The summed E-state index contributed by atoms with van der Waals surface area (Å²) in [5, 5.41) is 40.9. The molecule has 0 bridgehead atoms. The molecule has 28 heavy (non-hydrogen) atoms. The number of rotatable bonds is 1. The second kappa shape index (κ2) is 6.79. The predicted molar refractivity (Wildman–Crippen MR) is 108 cm³/mol. The van der Waals surface area contributed by atoms with E-state index in [1.54, 1.807) is 24.3 Å². The van der Waals surface area contributed by atoms with E-state index < -0.39 is 0 Å². The average molecular weight is 376 g/mol. The van der Waals surface area contributed by atoms with Gasteiger partial charge in [0.1, 0.15) is 11.5 Å². The van der Waals surface area contributed by atoms with Crippen molar-refractivity contribution in [1.29, 1.82) is 0 Å². The summed E-state index contributed by atoms with van der Waals surface area (Å²) in [5.74, 6) is 0.173. The van der Waals surface area contributed by atoms with Crippen LogP contribution in [0.5, 0.6) is 23.0 Å². The van der Waals surface area contributed by atoms with Crippen LogP contribution in [0.25, 0.3) is 0 Å². The lowest BCUT2D eigenvalue weighted by atomic mass is 9.79. The molecule has 4 N–H and O–H groups in total. The second-order valence-electron chi connectivity index (χ2n) is 7.87. The van der Waals surface area contributed by atoms with Gasteiger partial charge in [0.2, 0.25) is 0 Å². The van der Waals surface area contributed by atoms with Crippen molar-refractivity contribution in [2.24, 2.45) is 0 Å². The molecule has 4 heteroatoms. The van der Waals surface area contributed by atoms with Crippen molar-refractivity contribution in [3.05, 3.63) is 81.4 Å². The van der Waals surface area contributed by atoms with Crippen LogP contribution in [0.15, 0.2) is 42.5 Å². The van der Waals surface area contributed by atoms with Crippen LogP contribution in [0.3, 0.4) is 0 Å². The Morgan fingerprint density at radius 2 is 1.18 bits per heavy atom. The molecule has 0 spiro atoms. The zero-order valence-corrected chi connectivity index (χ0v) is 16.0. The van der Waals surface area contributed by atoms with Crippen LogP contribution in [-0.2, 0) is 19.3 Å². The topological polar surface area (TPSA) is 80.9 Å². The van der Waals surface area contributed by atoms with E-state index in [0.717, 1.165) is 38.9 Å². The molecular weight excluding hydrogens is 352 g/mol. The molecule has 4 nitrogen and oxygen atoms in total. The van der Waals surface area contributed by atoms with Crippen molar-refractivity contribution in [2.75, 3.05) is 0 Å². The quantitative estimate of drug-likeness (QED) is 0.468. The molecule has 0 radical (unpaired) electrons. The normalized spacial score (nSPS) is 14.1. The van der Waals surface area contributed by atoms with Crippen LogP contribution in [0, 0.1) is 13.8 Å². The van der Waals surface area contributed by atoms with Crippen molar-refractivity contribution in [3.8, 4) is 23.0 Å². The van der Waals surface area contributed by atoms with E-state index >= 15 is 0 Å². The molecule has 0 aliphatic heterocycles. The van der Waals surface area contributed by atoms with Gasteiger partial charge in [-0.05, 0) is 102 Å². The third-order valence-corrected chi connectivity index (χ3v) is 5.68. The molecule has 0 saturated heterocycles. The zero-order chi connectivity index (χ0) is 20.0. The van der Waals surface area contributed by atoms with E-state index in [1.165, 1.54) is 6.07 Å². The molecule has 0 amide bonds. The van der Waals surface area contributed by atoms with E-state index in [9.17, 15) is 20.4 Å². The van der Waals surface area contributed by atoms with Gasteiger partial charge in [-0.3, -0.25) is 0 Å². The molecule has 1 aliphatic carbocycles. The van der Waals surface area contributed by atoms with E-state index in [2.05, 4.69) is 12.1 Å². The molecule has 4 rings (SSSR count). The summed E-state index contributed by atoms with van der Waals surface area (Å²) in [4.78, 5) is 0. The van der Waals surface area contributed by atoms with Crippen LogP contribution >= 0.6 is 0 Å². The Labute approximate surface area is 164 Å². The smallest absolute Gasteiger partial charge is 0.157 e. The van der Waals surface area contributed by atoms with Gasteiger partial charge in [-0.25, -0.2) is 0 Å². The first-order chi connectivity index (χ1) is 13.3. The van der Waals surface area contributed by atoms with Gasteiger partial charge in [0.25, 0.3) is 0 Å². The molecule has 0 fully saturated rings. The molecular formula is C24H24O4. The molecule has 0 aromatic heterocycles.